The molecule has 116 valence electrons. The highest BCUT2D eigenvalue weighted by atomic mass is 35.5. The SMILES string of the molecule is CC(C(=O)NCCO)c1ccc(C(=O)c2cccs2)c(Cl)c1. The Labute approximate surface area is 137 Å². The molecule has 4 nitrogen and oxygen atoms in total. The summed E-state index contributed by atoms with van der Waals surface area (Å²) in [5, 5.41) is 13.5. The number of carbonyl (C=O) groups is 2. The molecule has 0 aliphatic heterocycles. The van der Waals surface area contributed by atoms with Crippen LogP contribution in [-0.4, -0.2) is 29.9 Å². The lowest BCUT2D eigenvalue weighted by Crippen LogP contribution is -2.30. The zero-order chi connectivity index (χ0) is 16.1. The zero-order valence-electron chi connectivity index (χ0n) is 12.0. The molecule has 0 aliphatic carbocycles. The molecule has 1 unspecified atom stereocenters. The van der Waals surface area contributed by atoms with Crippen molar-refractivity contribution in [2.75, 3.05) is 13.2 Å². The third kappa shape index (κ3) is 3.74. The van der Waals surface area contributed by atoms with Gasteiger partial charge >= 0.3 is 0 Å². The highest BCUT2D eigenvalue weighted by Gasteiger charge is 2.18. The Balaban J connectivity index is 2.19. The van der Waals surface area contributed by atoms with Crippen molar-refractivity contribution in [2.45, 2.75) is 12.8 Å². The molecule has 1 aromatic heterocycles. The fraction of sp³-hybridized carbons (Fsp3) is 0.250. The van der Waals surface area contributed by atoms with E-state index in [0.717, 1.165) is 5.56 Å². The fourth-order valence-corrected chi connectivity index (χ4v) is 2.96. The topological polar surface area (TPSA) is 66.4 Å². The molecule has 0 saturated heterocycles. The summed E-state index contributed by atoms with van der Waals surface area (Å²) < 4.78 is 0. The summed E-state index contributed by atoms with van der Waals surface area (Å²) in [6.07, 6.45) is 0. The number of hydrogen-bond acceptors (Lipinski definition) is 4. The largest absolute Gasteiger partial charge is 0.395 e. The Morgan fingerprint density at radius 1 is 1.36 bits per heavy atom. The zero-order valence-corrected chi connectivity index (χ0v) is 13.6. The number of carbonyl (C=O) groups excluding carboxylic acids is 2. The number of ketones is 1. The molecule has 6 heteroatoms. The molecule has 2 aromatic rings. The van der Waals surface area contributed by atoms with Crippen LogP contribution in [0.25, 0.3) is 0 Å². The molecule has 0 saturated carbocycles. The predicted molar refractivity (Wildman–Crippen MR) is 87.7 cm³/mol. The van der Waals surface area contributed by atoms with Gasteiger partial charge in [-0.3, -0.25) is 9.59 Å². The van der Waals surface area contributed by atoms with Crippen LogP contribution in [-0.2, 0) is 4.79 Å². The Bertz CT molecular complexity index is 670. The maximum Gasteiger partial charge on any atom is 0.227 e. The molecule has 1 atom stereocenters. The van der Waals surface area contributed by atoms with E-state index in [1.165, 1.54) is 11.3 Å². The average Bonchev–Trinajstić information content (AvgIpc) is 3.05. The van der Waals surface area contributed by atoms with Gasteiger partial charge in [0.15, 0.2) is 0 Å². The molecule has 1 heterocycles. The Hall–Kier alpha value is -1.69. The number of thiophene rings is 1. The van der Waals surface area contributed by atoms with E-state index < -0.39 is 5.92 Å². The molecule has 2 N–H and O–H groups in total. The Kier molecular flexibility index (Phi) is 5.71. The smallest absolute Gasteiger partial charge is 0.227 e. The predicted octanol–water partition coefficient (Wildman–Crippen LogP) is 2.84. The molecule has 0 radical (unpaired) electrons. The maximum atomic E-state index is 12.3. The number of hydrogen-bond donors (Lipinski definition) is 2. The number of aliphatic hydroxyl groups is 1. The second-order valence-electron chi connectivity index (χ2n) is 4.78. The van der Waals surface area contributed by atoms with E-state index in [9.17, 15) is 9.59 Å². The van der Waals surface area contributed by atoms with Gasteiger partial charge in [0.25, 0.3) is 0 Å². The lowest BCUT2D eigenvalue weighted by molar-refractivity contribution is -0.122. The first-order chi connectivity index (χ1) is 10.5. The standard InChI is InChI=1S/C16H16ClNO3S/c1-10(16(21)18-6-7-19)11-4-5-12(13(17)9-11)15(20)14-3-2-8-22-14/h2-5,8-10,19H,6-7H2,1H3,(H,18,21). The summed E-state index contributed by atoms with van der Waals surface area (Å²) in [7, 11) is 0. The summed E-state index contributed by atoms with van der Waals surface area (Å²) in [5.74, 6) is -0.721. The molecule has 1 amide bonds. The van der Waals surface area contributed by atoms with Crippen molar-refractivity contribution in [3.8, 4) is 0 Å². The van der Waals surface area contributed by atoms with Gasteiger partial charge < -0.3 is 10.4 Å². The molecule has 0 fully saturated rings. The highest BCUT2D eigenvalue weighted by Crippen LogP contribution is 2.26. The number of aliphatic hydroxyl groups excluding tert-OH is 1. The third-order valence-corrected chi connectivity index (χ3v) is 4.47. The number of amides is 1. The number of halogens is 1. The first kappa shape index (κ1) is 16.7. The van der Waals surface area contributed by atoms with Crippen LogP contribution in [0.3, 0.4) is 0 Å². The molecular weight excluding hydrogens is 322 g/mol. The van der Waals surface area contributed by atoms with Gasteiger partial charge in [-0.2, -0.15) is 0 Å². The van der Waals surface area contributed by atoms with Crippen LogP contribution in [0.4, 0.5) is 0 Å². The molecule has 0 spiro atoms. The molecule has 0 aliphatic rings. The summed E-state index contributed by atoms with van der Waals surface area (Å²) >= 11 is 7.57. The third-order valence-electron chi connectivity index (χ3n) is 3.29. The molecule has 2 rings (SSSR count). The second-order valence-corrected chi connectivity index (χ2v) is 6.14. The van der Waals surface area contributed by atoms with E-state index in [-0.39, 0.29) is 24.8 Å². The van der Waals surface area contributed by atoms with Gasteiger partial charge in [-0.25, -0.2) is 0 Å². The molecule has 0 bridgehead atoms. The minimum absolute atomic E-state index is 0.104. The van der Waals surface area contributed by atoms with Gasteiger partial charge in [-0.1, -0.05) is 23.7 Å². The van der Waals surface area contributed by atoms with Crippen molar-refractivity contribution in [3.05, 3.63) is 56.7 Å². The summed E-state index contributed by atoms with van der Waals surface area (Å²) in [5.41, 5.74) is 1.15. The van der Waals surface area contributed by atoms with Gasteiger partial charge in [0.2, 0.25) is 11.7 Å². The second kappa shape index (κ2) is 7.54. The van der Waals surface area contributed by atoms with Gasteiger partial charge in [0, 0.05) is 12.1 Å². The lowest BCUT2D eigenvalue weighted by atomic mass is 9.97. The summed E-state index contributed by atoms with van der Waals surface area (Å²) in [4.78, 5) is 24.8. The highest BCUT2D eigenvalue weighted by molar-refractivity contribution is 7.12. The lowest BCUT2D eigenvalue weighted by Gasteiger charge is -2.13. The Morgan fingerprint density at radius 2 is 2.14 bits per heavy atom. The Morgan fingerprint density at radius 3 is 2.73 bits per heavy atom. The van der Waals surface area contributed by atoms with Crippen molar-refractivity contribution in [1.29, 1.82) is 0 Å². The molecular formula is C16H16ClNO3S. The van der Waals surface area contributed by atoms with Crippen LogP contribution in [0.1, 0.15) is 33.6 Å². The van der Waals surface area contributed by atoms with Crippen molar-refractivity contribution in [1.82, 2.24) is 5.32 Å². The van der Waals surface area contributed by atoms with Crippen molar-refractivity contribution >= 4 is 34.6 Å². The van der Waals surface area contributed by atoms with Crippen molar-refractivity contribution < 1.29 is 14.7 Å². The number of nitrogens with one attached hydrogen (secondary N) is 1. The van der Waals surface area contributed by atoms with E-state index in [1.54, 1.807) is 31.2 Å². The summed E-state index contributed by atoms with van der Waals surface area (Å²) in [6, 6.07) is 8.59. The van der Waals surface area contributed by atoms with E-state index in [2.05, 4.69) is 5.32 Å². The average molecular weight is 338 g/mol. The minimum Gasteiger partial charge on any atom is -0.395 e. The van der Waals surface area contributed by atoms with E-state index in [1.807, 2.05) is 11.4 Å². The van der Waals surface area contributed by atoms with E-state index in [0.29, 0.717) is 15.5 Å². The number of benzene rings is 1. The maximum absolute atomic E-state index is 12.3. The monoisotopic (exact) mass is 337 g/mol. The van der Waals surface area contributed by atoms with E-state index in [4.69, 9.17) is 16.7 Å². The fourth-order valence-electron chi connectivity index (χ4n) is 2.01. The van der Waals surface area contributed by atoms with Crippen LogP contribution in [0.2, 0.25) is 5.02 Å². The van der Waals surface area contributed by atoms with Gasteiger partial charge in [0.05, 0.1) is 22.4 Å². The van der Waals surface area contributed by atoms with Crippen molar-refractivity contribution in [3.63, 3.8) is 0 Å². The van der Waals surface area contributed by atoms with Gasteiger partial charge in [0.1, 0.15) is 0 Å². The molecule has 1 aromatic carbocycles. The minimum atomic E-state index is -0.407. The van der Waals surface area contributed by atoms with Crippen LogP contribution < -0.4 is 5.32 Å². The molecule has 22 heavy (non-hydrogen) atoms. The van der Waals surface area contributed by atoms with Crippen LogP contribution in [0.15, 0.2) is 35.7 Å². The van der Waals surface area contributed by atoms with Gasteiger partial charge in [-0.05, 0) is 36.1 Å². The first-order valence-corrected chi connectivity index (χ1v) is 8.06. The van der Waals surface area contributed by atoms with Crippen LogP contribution in [0.5, 0.6) is 0 Å². The number of rotatable bonds is 6. The first-order valence-electron chi connectivity index (χ1n) is 6.80. The van der Waals surface area contributed by atoms with Crippen LogP contribution >= 0.6 is 22.9 Å². The normalized spacial score (nSPS) is 12.0. The quantitative estimate of drug-likeness (QED) is 0.796. The van der Waals surface area contributed by atoms with E-state index >= 15 is 0 Å². The van der Waals surface area contributed by atoms with Gasteiger partial charge in [-0.15, -0.1) is 11.3 Å². The summed E-state index contributed by atoms with van der Waals surface area (Å²) in [6.45, 7) is 1.86. The van der Waals surface area contributed by atoms with Crippen LogP contribution in [0, 0.1) is 0 Å². The van der Waals surface area contributed by atoms with Crippen molar-refractivity contribution in [2.24, 2.45) is 0 Å².